The van der Waals surface area contributed by atoms with E-state index in [9.17, 15) is 4.79 Å². The van der Waals surface area contributed by atoms with Crippen molar-refractivity contribution in [2.24, 2.45) is 0 Å². The van der Waals surface area contributed by atoms with Crippen molar-refractivity contribution in [3.05, 3.63) is 112 Å². The van der Waals surface area contributed by atoms with E-state index in [0.717, 1.165) is 28.8 Å². The van der Waals surface area contributed by atoms with Crippen LogP contribution < -0.4 is 5.73 Å². The number of nitrogen functional groups attached to an aromatic ring is 1. The Balaban J connectivity index is 0.000000323. The maximum Gasteiger partial charge on any atom is 0.196 e. The van der Waals surface area contributed by atoms with Gasteiger partial charge in [0, 0.05) is 15.5 Å². The van der Waals surface area contributed by atoms with Crippen molar-refractivity contribution >= 4 is 33.7 Å². The predicted molar refractivity (Wildman–Crippen MR) is 146 cm³/mol. The molecule has 3 aromatic carbocycles. The van der Waals surface area contributed by atoms with Gasteiger partial charge in [0.1, 0.15) is 0 Å². The Kier molecular flexibility index (Phi) is 10.9. The summed E-state index contributed by atoms with van der Waals surface area (Å²) in [6.45, 7) is 8.21. The second-order valence-electron chi connectivity index (χ2n) is 7.04. The lowest BCUT2D eigenvalue weighted by Crippen LogP contribution is -2.06. The van der Waals surface area contributed by atoms with Gasteiger partial charge in [0.05, 0.1) is 10.6 Å². The van der Waals surface area contributed by atoms with Gasteiger partial charge in [-0.1, -0.05) is 100.0 Å². The quantitative estimate of drug-likeness (QED) is 0.292. The lowest BCUT2D eigenvalue weighted by molar-refractivity contribution is 0.103. The van der Waals surface area contributed by atoms with Gasteiger partial charge in [0.25, 0.3) is 0 Å². The molecule has 4 aromatic rings. The molecule has 0 atom stereocenters. The molecule has 0 saturated carbocycles. The van der Waals surface area contributed by atoms with Gasteiger partial charge in [-0.05, 0) is 53.8 Å². The molecule has 0 spiro atoms. The van der Waals surface area contributed by atoms with Crippen molar-refractivity contribution in [3.63, 3.8) is 0 Å². The molecule has 0 saturated heterocycles. The standard InChI is InChI=1S/C19H16ClNOS.C8H10.C2H6/c1-2-15-16(17(22)12-8-10-14(20)11-9-12)19(21)23-18(15)13-6-4-3-5-7-13;1-2-8-6-4-3-5-7-8;1-2/h3-11H,2,21H2,1H3;3-7H,2H2,1H3;1-2H3. The highest BCUT2D eigenvalue weighted by molar-refractivity contribution is 7.20. The van der Waals surface area contributed by atoms with Gasteiger partial charge < -0.3 is 5.73 Å². The molecule has 4 heteroatoms. The minimum atomic E-state index is -0.0468. The number of hydrogen-bond donors (Lipinski definition) is 1. The van der Waals surface area contributed by atoms with Crippen LogP contribution >= 0.6 is 22.9 Å². The van der Waals surface area contributed by atoms with Crippen LogP contribution in [0.5, 0.6) is 0 Å². The van der Waals surface area contributed by atoms with Crippen LogP contribution in [0.25, 0.3) is 10.4 Å². The fraction of sp³-hybridized carbons (Fsp3) is 0.207. The number of aryl methyl sites for hydroxylation is 1. The fourth-order valence-electron chi connectivity index (χ4n) is 3.35. The van der Waals surface area contributed by atoms with Crippen LogP contribution in [0.15, 0.2) is 84.9 Å². The van der Waals surface area contributed by atoms with Crippen molar-refractivity contribution in [2.75, 3.05) is 5.73 Å². The number of nitrogens with two attached hydrogens (primary N) is 1. The summed E-state index contributed by atoms with van der Waals surface area (Å²) < 4.78 is 0. The molecule has 4 rings (SSSR count). The van der Waals surface area contributed by atoms with Crippen molar-refractivity contribution in [1.29, 1.82) is 0 Å². The molecule has 0 amide bonds. The van der Waals surface area contributed by atoms with Gasteiger partial charge in [0.2, 0.25) is 0 Å². The molecular weight excluding hydrogens is 446 g/mol. The molecule has 1 aromatic heterocycles. The summed E-state index contributed by atoms with van der Waals surface area (Å²) in [5.41, 5.74) is 10.9. The molecular formula is C29H32ClNOS. The molecule has 0 aliphatic rings. The lowest BCUT2D eigenvalue weighted by atomic mass is 9.97. The summed E-state index contributed by atoms with van der Waals surface area (Å²) in [7, 11) is 0. The first kappa shape index (κ1) is 26.4. The van der Waals surface area contributed by atoms with E-state index in [4.69, 9.17) is 17.3 Å². The molecule has 0 aliphatic carbocycles. The molecule has 2 nitrogen and oxygen atoms in total. The van der Waals surface area contributed by atoms with Crippen molar-refractivity contribution in [3.8, 4) is 10.4 Å². The number of rotatable bonds is 5. The summed E-state index contributed by atoms with van der Waals surface area (Å²) in [6, 6.07) is 27.4. The fourth-order valence-corrected chi connectivity index (χ4v) is 4.64. The first-order valence-electron chi connectivity index (χ1n) is 11.4. The Morgan fingerprint density at radius 2 is 1.36 bits per heavy atom. The molecule has 1 heterocycles. The Morgan fingerprint density at radius 1 is 0.818 bits per heavy atom. The third-order valence-corrected chi connectivity index (χ3v) is 6.37. The largest absolute Gasteiger partial charge is 0.390 e. The number of carbonyl (C=O) groups is 1. The highest BCUT2D eigenvalue weighted by atomic mass is 35.5. The summed E-state index contributed by atoms with van der Waals surface area (Å²) >= 11 is 7.38. The van der Waals surface area contributed by atoms with Gasteiger partial charge in [-0.25, -0.2) is 0 Å². The number of halogens is 1. The van der Waals surface area contributed by atoms with E-state index < -0.39 is 0 Å². The molecule has 0 bridgehead atoms. The van der Waals surface area contributed by atoms with Crippen LogP contribution in [0.3, 0.4) is 0 Å². The van der Waals surface area contributed by atoms with Crippen LogP contribution in [0.1, 0.15) is 54.7 Å². The second kappa shape index (κ2) is 13.6. The number of thiophene rings is 1. The van der Waals surface area contributed by atoms with E-state index in [2.05, 4.69) is 31.2 Å². The van der Waals surface area contributed by atoms with Crippen molar-refractivity contribution in [2.45, 2.75) is 40.5 Å². The Bertz CT molecular complexity index is 1120. The molecule has 0 aliphatic heterocycles. The van der Waals surface area contributed by atoms with Crippen LogP contribution in [0.2, 0.25) is 5.02 Å². The van der Waals surface area contributed by atoms with Gasteiger partial charge >= 0.3 is 0 Å². The highest BCUT2D eigenvalue weighted by Gasteiger charge is 2.22. The monoisotopic (exact) mass is 477 g/mol. The summed E-state index contributed by atoms with van der Waals surface area (Å²) in [5, 5.41) is 1.18. The molecule has 172 valence electrons. The van der Waals surface area contributed by atoms with Gasteiger partial charge in [-0.2, -0.15) is 0 Å². The van der Waals surface area contributed by atoms with E-state index in [1.807, 2.05) is 57.2 Å². The number of benzene rings is 3. The van der Waals surface area contributed by atoms with E-state index in [-0.39, 0.29) is 5.78 Å². The molecule has 33 heavy (non-hydrogen) atoms. The average Bonchev–Trinajstić information content (AvgIpc) is 3.22. The normalized spacial score (nSPS) is 9.85. The van der Waals surface area contributed by atoms with Gasteiger partial charge in [0.15, 0.2) is 5.78 Å². The van der Waals surface area contributed by atoms with Crippen molar-refractivity contribution in [1.82, 2.24) is 0 Å². The second-order valence-corrected chi connectivity index (χ2v) is 8.53. The molecule has 0 fully saturated rings. The Hall–Kier alpha value is -2.88. The molecule has 0 radical (unpaired) electrons. The third-order valence-electron chi connectivity index (χ3n) is 5.01. The zero-order chi connectivity index (χ0) is 24.2. The topological polar surface area (TPSA) is 43.1 Å². The molecule has 2 N–H and O–H groups in total. The maximum atomic E-state index is 12.9. The summed E-state index contributed by atoms with van der Waals surface area (Å²) in [5.74, 6) is -0.0468. The van der Waals surface area contributed by atoms with E-state index in [1.165, 1.54) is 16.9 Å². The number of carbonyl (C=O) groups excluding carboxylic acids is 1. The van der Waals surface area contributed by atoms with E-state index >= 15 is 0 Å². The van der Waals surface area contributed by atoms with Crippen LogP contribution in [0.4, 0.5) is 5.00 Å². The maximum absolute atomic E-state index is 12.9. The Labute approximate surface area is 207 Å². The first-order chi connectivity index (χ1) is 16.0. The SMILES string of the molecule is CC.CCc1c(-c2ccccc2)sc(N)c1C(=O)c1ccc(Cl)cc1.CCc1ccccc1. The van der Waals surface area contributed by atoms with Gasteiger partial charge in [-0.3, -0.25) is 4.79 Å². The molecule has 0 unspecified atom stereocenters. The van der Waals surface area contributed by atoms with Crippen LogP contribution in [-0.2, 0) is 12.8 Å². The van der Waals surface area contributed by atoms with Crippen LogP contribution in [-0.4, -0.2) is 5.78 Å². The lowest BCUT2D eigenvalue weighted by Gasteiger charge is -2.06. The smallest absolute Gasteiger partial charge is 0.196 e. The number of anilines is 1. The first-order valence-corrected chi connectivity index (χ1v) is 12.5. The van der Waals surface area contributed by atoms with Crippen LogP contribution in [0, 0.1) is 0 Å². The van der Waals surface area contributed by atoms with E-state index in [1.54, 1.807) is 24.3 Å². The third kappa shape index (κ3) is 7.05. The van der Waals surface area contributed by atoms with Gasteiger partial charge in [-0.15, -0.1) is 11.3 Å². The minimum absolute atomic E-state index is 0.0468. The zero-order valence-electron chi connectivity index (χ0n) is 19.8. The zero-order valence-corrected chi connectivity index (χ0v) is 21.3. The average molecular weight is 478 g/mol. The highest BCUT2D eigenvalue weighted by Crippen LogP contribution is 2.40. The summed E-state index contributed by atoms with van der Waals surface area (Å²) in [6.07, 6.45) is 1.90. The predicted octanol–water partition coefficient (Wildman–Crippen LogP) is 8.72. The number of hydrogen-bond acceptors (Lipinski definition) is 3. The van der Waals surface area contributed by atoms with Crippen molar-refractivity contribution < 1.29 is 4.79 Å². The number of ketones is 1. The summed E-state index contributed by atoms with van der Waals surface area (Å²) in [4.78, 5) is 14.0. The minimum Gasteiger partial charge on any atom is -0.390 e. The van der Waals surface area contributed by atoms with E-state index in [0.29, 0.717) is 21.2 Å². The Morgan fingerprint density at radius 3 is 1.85 bits per heavy atom.